The highest BCUT2D eigenvalue weighted by molar-refractivity contribution is 5.76. The van der Waals surface area contributed by atoms with Crippen molar-refractivity contribution in [1.29, 1.82) is 0 Å². The molecule has 0 atom stereocenters. The quantitative estimate of drug-likeness (QED) is 0.0904. The predicted octanol–water partition coefficient (Wildman–Crippen LogP) is 34.5. The van der Waals surface area contributed by atoms with Crippen LogP contribution in [0.2, 0.25) is 0 Å². The van der Waals surface area contributed by atoms with Crippen LogP contribution in [0.4, 0.5) is 105 Å². The number of hydrogen-bond acceptors (Lipinski definition) is 4. The monoisotopic (exact) mass is 1860 g/mol. The van der Waals surface area contributed by atoms with Crippen LogP contribution in [0.3, 0.4) is 0 Å². The van der Waals surface area contributed by atoms with Crippen LogP contribution in [0.5, 0.6) is 23.0 Å². The molecule has 0 amide bonds. The first-order valence-electron chi connectivity index (χ1n) is 43.0. The lowest BCUT2D eigenvalue weighted by molar-refractivity contribution is -0.277. The van der Waals surface area contributed by atoms with Crippen LogP contribution < -0.4 is 18.9 Å². The fourth-order valence-electron chi connectivity index (χ4n) is 17.6. The van der Waals surface area contributed by atoms with E-state index in [0.29, 0.717) is 94.5 Å². The van der Waals surface area contributed by atoms with Gasteiger partial charge in [-0.15, -0.1) is 52.7 Å². The van der Waals surface area contributed by atoms with Gasteiger partial charge >= 0.3 is 25.4 Å². The maximum Gasteiger partial charge on any atom is 0.573 e. The molecule has 4 aliphatic rings. The average molecular weight is 1860 g/mol. The van der Waals surface area contributed by atoms with E-state index in [4.69, 9.17) is 0 Å². The van der Waals surface area contributed by atoms with E-state index in [1.54, 1.807) is 24.3 Å². The molecule has 0 N–H and O–H groups in total. The van der Waals surface area contributed by atoms with Crippen molar-refractivity contribution in [2.24, 2.45) is 23.7 Å². The molecule has 0 unspecified atom stereocenters. The smallest absolute Gasteiger partial charge is 0.399 e. The van der Waals surface area contributed by atoms with Crippen LogP contribution in [-0.4, -0.2) is 25.4 Å². The molecule has 16 rings (SSSR count). The molecule has 4 fully saturated rings. The summed E-state index contributed by atoms with van der Waals surface area (Å²) >= 11 is 0. The second-order valence-electron chi connectivity index (χ2n) is 34.4. The third-order valence-electron chi connectivity index (χ3n) is 24.9. The van der Waals surface area contributed by atoms with Gasteiger partial charge in [-0.1, -0.05) is 225 Å². The largest absolute Gasteiger partial charge is 0.573 e. The van der Waals surface area contributed by atoms with Crippen LogP contribution in [-0.2, 0) is 0 Å². The minimum atomic E-state index is -5.25. The predicted molar refractivity (Wildman–Crippen MR) is 457 cm³/mol. The van der Waals surface area contributed by atoms with Gasteiger partial charge in [-0.2, -0.15) is 0 Å². The molecule has 12 aromatic carbocycles. The maximum atomic E-state index is 14.8. The molecule has 4 nitrogen and oxygen atoms in total. The lowest BCUT2D eigenvalue weighted by Crippen LogP contribution is -2.19. The summed E-state index contributed by atoms with van der Waals surface area (Å²) in [7, 11) is 0. The average Bonchev–Trinajstić information content (AvgIpc) is 0.799. The van der Waals surface area contributed by atoms with E-state index in [0.717, 1.165) is 97.3 Å². The van der Waals surface area contributed by atoms with E-state index in [1.165, 1.54) is 122 Å². The Bertz CT molecular complexity index is 5150. The topological polar surface area (TPSA) is 36.9 Å². The zero-order chi connectivity index (χ0) is 95.0. The molecule has 0 radical (unpaired) electrons. The maximum absolute atomic E-state index is 14.8. The summed E-state index contributed by atoms with van der Waals surface area (Å²) in [5, 5.41) is 0. The Hall–Kier alpha value is -11.8. The molecule has 12 aromatic rings. The van der Waals surface area contributed by atoms with E-state index in [9.17, 15) is 105 Å². The third kappa shape index (κ3) is 25.5. The van der Waals surface area contributed by atoms with Gasteiger partial charge in [-0.3, -0.25) is 0 Å². The third-order valence-corrected chi connectivity index (χ3v) is 24.9. The second kappa shape index (κ2) is 41.5. The minimum Gasteiger partial charge on any atom is -0.399 e. The molecule has 28 heteroatoms. The number of hydrogen-bond donors (Lipinski definition) is 0. The van der Waals surface area contributed by atoms with E-state index in [2.05, 4.69) is 46.6 Å². The SMILES string of the molecule is CC1CCC(c2ccc(-c3ccc(-c4cc(F)c(OC(F)(F)F)c(F)c4)c(F)c3)cc2)CC1.CC1CCC(c2ccc(-c3ccc(-c4cc(F)c(OC(F)(F)F)c(F)c4)c(F)c3)cc2)CC1.CC1CCC(c2ccc(-c3ccc(-c4cc(F)c(OC(F)(F)F)c(F)c4)c(F)c3)cc2)CC1.CC1CCC(c2ccc(-c3ccc(-c4cc(F)c(OC(F)(F)F)c(F)c4)c(F)c3)cc2)CC1. The number of ether oxygens (including phenoxy) is 4. The Balaban J connectivity index is 0.000000150. The van der Waals surface area contributed by atoms with E-state index in [1.807, 2.05) is 97.1 Å². The first-order valence-corrected chi connectivity index (χ1v) is 43.0. The minimum absolute atomic E-state index is 0.136. The molecule has 4 aliphatic carbocycles. The fourth-order valence-corrected chi connectivity index (χ4v) is 17.6. The lowest BCUT2D eigenvalue weighted by Gasteiger charge is -2.26. The highest BCUT2D eigenvalue weighted by Gasteiger charge is 2.39. The van der Waals surface area contributed by atoms with Gasteiger partial charge in [0, 0.05) is 22.3 Å². The first kappa shape index (κ1) is 97.7. The molecule has 0 bridgehead atoms. The molecule has 0 aliphatic heterocycles. The van der Waals surface area contributed by atoms with Gasteiger partial charge in [-0.05, 0) is 261 Å². The van der Waals surface area contributed by atoms with Crippen molar-refractivity contribution < 1.29 is 124 Å². The standard InChI is InChI=1S/4C26H22F6O/c4*1-15-2-4-16(5-3-15)17-6-8-18(9-7-17)19-10-11-21(22(27)12-19)20-13-23(28)25(24(29)14-20)33-26(30,31)32/h4*6-16H,2-5H2,1H3. The Morgan fingerprint density at radius 2 is 0.311 bits per heavy atom. The molecule has 0 spiro atoms. The molecule has 132 heavy (non-hydrogen) atoms. The molecular formula is C104H88F24O4. The van der Waals surface area contributed by atoms with Crippen molar-refractivity contribution in [2.75, 3.05) is 0 Å². The van der Waals surface area contributed by atoms with Gasteiger partial charge < -0.3 is 18.9 Å². The number of alkyl halides is 12. The summed E-state index contributed by atoms with van der Waals surface area (Å²) in [6, 6.07) is 53.4. The first-order chi connectivity index (χ1) is 62.4. The number of benzene rings is 12. The van der Waals surface area contributed by atoms with Crippen LogP contribution in [0.15, 0.2) is 218 Å². The number of rotatable bonds is 16. The van der Waals surface area contributed by atoms with E-state index < -0.39 is 118 Å². The Labute approximate surface area is 746 Å². The Morgan fingerprint density at radius 1 is 0.174 bits per heavy atom. The van der Waals surface area contributed by atoms with Crippen molar-refractivity contribution >= 4 is 0 Å². The molecule has 0 aromatic heterocycles. The van der Waals surface area contributed by atoms with Crippen LogP contribution >= 0.6 is 0 Å². The van der Waals surface area contributed by atoms with Crippen molar-refractivity contribution in [2.45, 2.75) is 180 Å². The summed E-state index contributed by atoms with van der Waals surface area (Å²) < 4.78 is 333. The van der Waals surface area contributed by atoms with Gasteiger partial charge in [0.05, 0.1) is 0 Å². The summed E-state index contributed by atoms with van der Waals surface area (Å²) in [6.07, 6.45) is -2.05. The second-order valence-corrected chi connectivity index (χ2v) is 34.4. The van der Waals surface area contributed by atoms with Crippen molar-refractivity contribution in [3.05, 3.63) is 310 Å². The van der Waals surface area contributed by atoms with Gasteiger partial charge in [0.25, 0.3) is 0 Å². The van der Waals surface area contributed by atoms with Crippen molar-refractivity contribution in [3.63, 3.8) is 0 Å². The molecule has 0 heterocycles. The van der Waals surface area contributed by atoms with Gasteiger partial charge in [-0.25, -0.2) is 52.7 Å². The van der Waals surface area contributed by atoms with E-state index in [-0.39, 0.29) is 44.5 Å². The summed E-state index contributed by atoms with van der Waals surface area (Å²) in [5.41, 5.74) is 9.06. The lowest BCUT2D eigenvalue weighted by atomic mass is 9.79. The molecular weight excluding hydrogens is 1770 g/mol. The highest BCUT2D eigenvalue weighted by atomic mass is 19.4. The van der Waals surface area contributed by atoms with Gasteiger partial charge in [0.15, 0.2) is 46.5 Å². The van der Waals surface area contributed by atoms with Crippen LogP contribution in [0, 0.1) is 93.5 Å². The zero-order valence-electron chi connectivity index (χ0n) is 71.4. The molecule has 4 saturated carbocycles. The normalized spacial score (nSPS) is 18.9. The van der Waals surface area contributed by atoms with Crippen molar-refractivity contribution in [3.8, 4) is 112 Å². The zero-order valence-corrected chi connectivity index (χ0v) is 71.4. The highest BCUT2D eigenvalue weighted by Crippen LogP contribution is 2.46. The number of halogens is 24. The Kier molecular flexibility index (Phi) is 30.7. The fraction of sp³-hybridized carbons (Fsp3) is 0.308. The van der Waals surface area contributed by atoms with Crippen LogP contribution in [0.25, 0.3) is 89.0 Å². The molecule has 0 saturated heterocycles. The van der Waals surface area contributed by atoms with Gasteiger partial charge in [0.1, 0.15) is 23.3 Å². The van der Waals surface area contributed by atoms with Crippen molar-refractivity contribution in [1.82, 2.24) is 0 Å². The summed E-state index contributed by atoms with van der Waals surface area (Å²) in [4.78, 5) is 0. The Morgan fingerprint density at radius 3 is 0.447 bits per heavy atom. The van der Waals surface area contributed by atoms with Crippen LogP contribution in [0.1, 0.15) is 176 Å². The summed E-state index contributed by atoms with van der Waals surface area (Å²) in [5.74, 6) is -16.7. The molecule has 696 valence electrons. The van der Waals surface area contributed by atoms with E-state index >= 15 is 0 Å². The van der Waals surface area contributed by atoms with Gasteiger partial charge in [0.2, 0.25) is 23.0 Å². The summed E-state index contributed by atoms with van der Waals surface area (Å²) in [6.45, 7) is 9.08.